The van der Waals surface area contributed by atoms with Crippen molar-refractivity contribution in [1.82, 2.24) is 9.97 Å². The summed E-state index contributed by atoms with van der Waals surface area (Å²) in [6.07, 6.45) is 9.67. The van der Waals surface area contributed by atoms with Gasteiger partial charge < -0.3 is 5.32 Å². The summed E-state index contributed by atoms with van der Waals surface area (Å²) in [5, 5.41) is 3.39. The van der Waals surface area contributed by atoms with Gasteiger partial charge in [-0.15, -0.1) is 0 Å². The second kappa shape index (κ2) is 7.21. The van der Waals surface area contributed by atoms with Gasteiger partial charge >= 0.3 is 0 Å². The summed E-state index contributed by atoms with van der Waals surface area (Å²) in [5.41, 5.74) is 0. The highest BCUT2D eigenvalue weighted by atomic mass is 15.1. The van der Waals surface area contributed by atoms with E-state index in [0.717, 1.165) is 5.95 Å². The second-order valence-electron chi connectivity index (χ2n) is 3.84. The molecule has 0 aliphatic carbocycles. The lowest BCUT2D eigenvalue weighted by atomic mass is 10.1. The number of aromatic nitrogens is 2. The molecule has 0 bridgehead atoms. The van der Waals surface area contributed by atoms with Crippen LogP contribution in [0.5, 0.6) is 0 Å². The topological polar surface area (TPSA) is 37.8 Å². The van der Waals surface area contributed by atoms with E-state index in [4.69, 9.17) is 0 Å². The van der Waals surface area contributed by atoms with Crippen LogP contribution in [-0.2, 0) is 0 Å². The fourth-order valence-corrected chi connectivity index (χ4v) is 1.64. The van der Waals surface area contributed by atoms with Crippen LogP contribution in [0.2, 0.25) is 0 Å². The molecule has 1 aromatic heterocycles. The van der Waals surface area contributed by atoms with Gasteiger partial charge in [0.1, 0.15) is 0 Å². The second-order valence-corrected chi connectivity index (χ2v) is 3.84. The Balaban J connectivity index is 2.43. The molecule has 15 heavy (non-hydrogen) atoms. The Morgan fingerprint density at radius 1 is 1.13 bits per heavy atom. The summed E-state index contributed by atoms with van der Waals surface area (Å²) in [6, 6.07) is 2.36. The number of hydrogen-bond acceptors (Lipinski definition) is 3. The lowest BCUT2D eigenvalue weighted by Gasteiger charge is -2.17. The van der Waals surface area contributed by atoms with Crippen molar-refractivity contribution in [2.75, 3.05) is 5.32 Å². The molecule has 1 heterocycles. The van der Waals surface area contributed by atoms with Crippen LogP contribution in [0.3, 0.4) is 0 Å². The van der Waals surface area contributed by atoms with Crippen molar-refractivity contribution >= 4 is 5.95 Å². The van der Waals surface area contributed by atoms with Gasteiger partial charge in [0.15, 0.2) is 0 Å². The first-order valence-corrected chi connectivity index (χ1v) is 5.90. The monoisotopic (exact) mass is 207 g/mol. The number of anilines is 1. The predicted octanol–water partition coefficient (Wildman–Crippen LogP) is 3.25. The highest BCUT2D eigenvalue weighted by Crippen LogP contribution is 2.11. The molecule has 0 spiro atoms. The Hall–Kier alpha value is -1.12. The Labute approximate surface area is 92.3 Å². The van der Waals surface area contributed by atoms with E-state index in [1.807, 2.05) is 6.07 Å². The molecule has 3 heteroatoms. The molecule has 1 aromatic rings. The van der Waals surface area contributed by atoms with E-state index >= 15 is 0 Å². The summed E-state index contributed by atoms with van der Waals surface area (Å²) >= 11 is 0. The zero-order valence-electron chi connectivity index (χ0n) is 9.74. The van der Waals surface area contributed by atoms with E-state index in [0.29, 0.717) is 6.04 Å². The minimum absolute atomic E-state index is 0.525. The van der Waals surface area contributed by atoms with Gasteiger partial charge in [0, 0.05) is 18.4 Å². The van der Waals surface area contributed by atoms with Crippen molar-refractivity contribution in [3.8, 4) is 0 Å². The van der Waals surface area contributed by atoms with E-state index in [-0.39, 0.29) is 0 Å². The lowest BCUT2D eigenvalue weighted by Crippen LogP contribution is -2.20. The summed E-state index contributed by atoms with van der Waals surface area (Å²) in [5.74, 6) is 0.757. The number of hydrogen-bond donors (Lipinski definition) is 1. The molecule has 3 nitrogen and oxygen atoms in total. The maximum atomic E-state index is 4.19. The van der Waals surface area contributed by atoms with E-state index in [2.05, 4.69) is 29.1 Å². The van der Waals surface area contributed by atoms with Crippen molar-refractivity contribution in [1.29, 1.82) is 0 Å². The molecule has 1 unspecified atom stereocenters. The smallest absolute Gasteiger partial charge is 0.222 e. The minimum atomic E-state index is 0.525. The van der Waals surface area contributed by atoms with E-state index in [9.17, 15) is 0 Å². The van der Waals surface area contributed by atoms with Crippen molar-refractivity contribution in [2.24, 2.45) is 0 Å². The van der Waals surface area contributed by atoms with Crippen LogP contribution in [-0.4, -0.2) is 16.0 Å². The maximum absolute atomic E-state index is 4.19. The molecule has 0 aliphatic rings. The molecule has 0 radical (unpaired) electrons. The first-order valence-electron chi connectivity index (χ1n) is 5.90. The SMILES string of the molecule is CCCCC(CCC)Nc1ncccn1. The van der Waals surface area contributed by atoms with Gasteiger partial charge in [-0.2, -0.15) is 0 Å². The summed E-state index contributed by atoms with van der Waals surface area (Å²) in [7, 11) is 0. The fraction of sp³-hybridized carbons (Fsp3) is 0.667. The van der Waals surface area contributed by atoms with Gasteiger partial charge in [0.2, 0.25) is 5.95 Å². The van der Waals surface area contributed by atoms with Crippen LogP contribution >= 0.6 is 0 Å². The van der Waals surface area contributed by atoms with Crippen LogP contribution in [0.4, 0.5) is 5.95 Å². The Kier molecular flexibility index (Phi) is 5.74. The predicted molar refractivity (Wildman–Crippen MR) is 63.9 cm³/mol. The number of nitrogens with one attached hydrogen (secondary N) is 1. The molecular weight excluding hydrogens is 186 g/mol. The lowest BCUT2D eigenvalue weighted by molar-refractivity contribution is 0.561. The third kappa shape index (κ3) is 4.77. The zero-order valence-corrected chi connectivity index (χ0v) is 9.74. The molecule has 0 saturated carbocycles. The number of rotatable bonds is 7. The molecule has 0 amide bonds. The van der Waals surface area contributed by atoms with Gasteiger partial charge in [-0.05, 0) is 18.9 Å². The van der Waals surface area contributed by atoms with Crippen LogP contribution in [0.1, 0.15) is 46.0 Å². The largest absolute Gasteiger partial charge is 0.351 e. The Bertz CT molecular complexity index is 248. The molecule has 0 aromatic carbocycles. The fourth-order valence-electron chi connectivity index (χ4n) is 1.64. The number of nitrogens with zero attached hydrogens (tertiary/aromatic N) is 2. The average molecular weight is 207 g/mol. The van der Waals surface area contributed by atoms with Gasteiger partial charge in [-0.25, -0.2) is 9.97 Å². The number of unbranched alkanes of at least 4 members (excludes halogenated alkanes) is 1. The van der Waals surface area contributed by atoms with Crippen LogP contribution in [0.15, 0.2) is 18.5 Å². The molecule has 0 saturated heterocycles. The summed E-state index contributed by atoms with van der Waals surface area (Å²) < 4.78 is 0. The van der Waals surface area contributed by atoms with Crippen LogP contribution in [0.25, 0.3) is 0 Å². The van der Waals surface area contributed by atoms with Crippen molar-refractivity contribution < 1.29 is 0 Å². The minimum Gasteiger partial charge on any atom is -0.351 e. The van der Waals surface area contributed by atoms with Gasteiger partial charge in [-0.3, -0.25) is 0 Å². The average Bonchev–Trinajstić information content (AvgIpc) is 2.28. The molecule has 1 atom stereocenters. The third-order valence-electron chi connectivity index (χ3n) is 2.44. The molecule has 84 valence electrons. The highest BCUT2D eigenvalue weighted by molar-refractivity contribution is 5.23. The van der Waals surface area contributed by atoms with Gasteiger partial charge in [0.25, 0.3) is 0 Å². The first-order chi connectivity index (χ1) is 7.36. The molecule has 0 fully saturated rings. The highest BCUT2D eigenvalue weighted by Gasteiger charge is 2.07. The first kappa shape index (κ1) is 12.0. The molecule has 1 rings (SSSR count). The van der Waals surface area contributed by atoms with E-state index < -0.39 is 0 Å². The maximum Gasteiger partial charge on any atom is 0.222 e. The normalized spacial score (nSPS) is 12.4. The quantitative estimate of drug-likeness (QED) is 0.745. The Morgan fingerprint density at radius 2 is 1.87 bits per heavy atom. The van der Waals surface area contributed by atoms with Crippen molar-refractivity contribution in [2.45, 2.75) is 52.0 Å². The molecule has 1 N–H and O–H groups in total. The van der Waals surface area contributed by atoms with Crippen LogP contribution in [0, 0.1) is 0 Å². The molecular formula is C12H21N3. The Morgan fingerprint density at radius 3 is 2.47 bits per heavy atom. The molecule has 0 aliphatic heterocycles. The van der Waals surface area contributed by atoms with E-state index in [1.165, 1.54) is 32.1 Å². The zero-order chi connectivity index (χ0) is 10.9. The van der Waals surface area contributed by atoms with Gasteiger partial charge in [0.05, 0.1) is 0 Å². The standard InChI is InChI=1S/C12H21N3/c1-3-5-8-11(7-4-2)15-12-13-9-6-10-14-12/h6,9-11H,3-5,7-8H2,1-2H3,(H,13,14,15). The van der Waals surface area contributed by atoms with E-state index in [1.54, 1.807) is 12.4 Å². The summed E-state index contributed by atoms with van der Waals surface area (Å²) in [6.45, 7) is 4.44. The van der Waals surface area contributed by atoms with Gasteiger partial charge in [-0.1, -0.05) is 33.1 Å². The van der Waals surface area contributed by atoms with Crippen molar-refractivity contribution in [3.05, 3.63) is 18.5 Å². The summed E-state index contributed by atoms with van der Waals surface area (Å²) in [4.78, 5) is 8.37. The third-order valence-corrected chi connectivity index (χ3v) is 2.44. The van der Waals surface area contributed by atoms with Crippen molar-refractivity contribution in [3.63, 3.8) is 0 Å². The van der Waals surface area contributed by atoms with Crippen LogP contribution < -0.4 is 5.32 Å².